The van der Waals surface area contributed by atoms with Crippen molar-refractivity contribution in [2.24, 2.45) is 0 Å². The second kappa shape index (κ2) is 5.68. The predicted molar refractivity (Wildman–Crippen MR) is 80.5 cm³/mol. The zero-order valence-corrected chi connectivity index (χ0v) is 13.2. The second-order valence-electron chi connectivity index (χ2n) is 6.17. The van der Waals surface area contributed by atoms with Gasteiger partial charge in [0.05, 0.1) is 18.3 Å². The molecule has 1 atom stereocenters. The molecular formula is C15H20N6O2. The van der Waals surface area contributed by atoms with Crippen LogP contribution in [0.3, 0.4) is 0 Å². The average molecular weight is 316 g/mol. The van der Waals surface area contributed by atoms with Crippen LogP contribution in [0.15, 0.2) is 10.6 Å². The number of fused-ring (bicyclic) bond motifs is 1. The minimum atomic E-state index is -0.0862. The number of urea groups is 1. The molecule has 2 aliphatic rings. The molecule has 4 rings (SSSR count). The van der Waals surface area contributed by atoms with Crippen molar-refractivity contribution in [2.75, 3.05) is 6.54 Å². The minimum Gasteiger partial charge on any atom is -0.359 e. The highest BCUT2D eigenvalue weighted by atomic mass is 16.5. The number of rotatable bonds is 3. The van der Waals surface area contributed by atoms with Crippen molar-refractivity contribution >= 4 is 6.03 Å². The van der Waals surface area contributed by atoms with Gasteiger partial charge in [-0.05, 0) is 26.2 Å². The molecule has 8 nitrogen and oxygen atoms in total. The molecule has 1 N–H and O–H groups in total. The van der Waals surface area contributed by atoms with E-state index in [1.54, 1.807) is 0 Å². The van der Waals surface area contributed by atoms with E-state index in [2.05, 4.69) is 25.2 Å². The quantitative estimate of drug-likeness (QED) is 0.928. The van der Waals surface area contributed by atoms with E-state index < -0.39 is 0 Å². The van der Waals surface area contributed by atoms with Crippen molar-refractivity contribution in [1.82, 2.24) is 30.1 Å². The van der Waals surface area contributed by atoms with Crippen LogP contribution in [0.4, 0.5) is 4.79 Å². The number of carbonyl (C=O) groups is 1. The molecule has 8 heteroatoms. The average Bonchev–Trinajstić information content (AvgIpc) is 3.29. The van der Waals surface area contributed by atoms with Gasteiger partial charge in [-0.25, -0.2) is 4.79 Å². The van der Waals surface area contributed by atoms with Gasteiger partial charge in [-0.1, -0.05) is 5.16 Å². The van der Waals surface area contributed by atoms with Gasteiger partial charge >= 0.3 is 6.03 Å². The Bertz CT molecular complexity index is 721. The first-order chi connectivity index (χ1) is 11.2. The maximum Gasteiger partial charge on any atom is 0.318 e. The lowest BCUT2D eigenvalue weighted by Gasteiger charge is -2.22. The van der Waals surface area contributed by atoms with Gasteiger partial charge in [0.25, 0.3) is 0 Å². The molecule has 0 aliphatic carbocycles. The molecule has 0 saturated carbocycles. The van der Waals surface area contributed by atoms with Crippen molar-refractivity contribution in [3.05, 3.63) is 29.2 Å². The van der Waals surface area contributed by atoms with Crippen molar-refractivity contribution in [2.45, 2.75) is 51.7 Å². The summed E-state index contributed by atoms with van der Waals surface area (Å²) >= 11 is 0. The topological polar surface area (TPSA) is 89.1 Å². The van der Waals surface area contributed by atoms with E-state index in [1.165, 1.54) is 0 Å². The third-order valence-corrected chi connectivity index (χ3v) is 4.57. The molecule has 0 bridgehead atoms. The molecule has 1 fully saturated rings. The molecule has 0 aromatic carbocycles. The summed E-state index contributed by atoms with van der Waals surface area (Å²) in [6, 6.07) is 1.79. The molecule has 23 heavy (non-hydrogen) atoms. The van der Waals surface area contributed by atoms with Gasteiger partial charge in [0, 0.05) is 25.6 Å². The van der Waals surface area contributed by atoms with Gasteiger partial charge in [-0.15, -0.1) is 10.2 Å². The lowest BCUT2D eigenvalue weighted by molar-refractivity contribution is 0.181. The molecule has 122 valence electrons. The number of aryl methyl sites for hydroxylation is 2. The van der Waals surface area contributed by atoms with E-state index in [4.69, 9.17) is 4.52 Å². The fraction of sp³-hybridized carbons (Fsp3) is 0.600. The third-order valence-electron chi connectivity index (χ3n) is 4.57. The molecule has 0 spiro atoms. The summed E-state index contributed by atoms with van der Waals surface area (Å²) in [4.78, 5) is 14.3. The number of nitrogens with one attached hydrogen (secondary N) is 1. The fourth-order valence-corrected chi connectivity index (χ4v) is 3.44. The number of amides is 2. The summed E-state index contributed by atoms with van der Waals surface area (Å²) in [5, 5.41) is 15.2. The Labute approximate surface area is 133 Å². The molecular weight excluding hydrogens is 296 g/mol. The van der Waals surface area contributed by atoms with E-state index >= 15 is 0 Å². The van der Waals surface area contributed by atoms with Gasteiger partial charge in [-0.2, -0.15) is 0 Å². The number of likely N-dealkylation sites (tertiary alicyclic amines) is 1. The summed E-state index contributed by atoms with van der Waals surface area (Å²) in [6.07, 6.45) is 3.95. The molecule has 1 saturated heterocycles. The van der Waals surface area contributed by atoms with E-state index in [0.717, 1.165) is 61.9 Å². The van der Waals surface area contributed by atoms with Gasteiger partial charge in [0.2, 0.25) is 0 Å². The van der Waals surface area contributed by atoms with Crippen LogP contribution in [0.25, 0.3) is 0 Å². The van der Waals surface area contributed by atoms with Gasteiger partial charge in [0.1, 0.15) is 5.82 Å². The summed E-state index contributed by atoms with van der Waals surface area (Å²) in [7, 11) is 0. The summed E-state index contributed by atoms with van der Waals surface area (Å²) in [5.74, 6) is 2.61. The lowest BCUT2D eigenvalue weighted by atomic mass is 10.1. The van der Waals surface area contributed by atoms with Gasteiger partial charge in [-0.3, -0.25) is 0 Å². The van der Waals surface area contributed by atoms with Crippen LogP contribution < -0.4 is 5.32 Å². The Morgan fingerprint density at radius 2 is 2.30 bits per heavy atom. The van der Waals surface area contributed by atoms with E-state index in [1.807, 2.05) is 17.9 Å². The van der Waals surface area contributed by atoms with Crippen LogP contribution >= 0.6 is 0 Å². The van der Waals surface area contributed by atoms with Crippen LogP contribution in [-0.4, -0.2) is 37.4 Å². The van der Waals surface area contributed by atoms with E-state index in [0.29, 0.717) is 6.54 Å². The number of carbonyl (C=O) groups excluding carboxylic acids is 1. The zero-order valence-electron chi connectivity index (χ0n) is 13.2. The Hall–Kier alpha value is -2.38. The summed E-state index contributed by atoms with van der Waals surface area (Å²) in [6.45, 7) is 3.97. The molecule has 0 radical (unpaired) electrons. The van der Waals surface area contributed by atoms with Gasteiger partial charge in [0.15, 0.2) is 11.6 Å². The summed E-state index contributed by atoms with van der Waals surface area (Å²) < 4.78 is 7.44. The smallest absolute Gasteiger partial charge is 0.318 e. The normalized spacial score (nSPS) is 20.0. The zero-order chi connectivity index (χ0) is 15.8. The molecule has 2 amide bonds. The van der Waals surface area contributed by atoms with Crippen molar-refractivity contribution in [1.29, 1.82) is 0 Å². The van der Waals surface area contributed by atoms with E-state index in [-0.39, 0.29) is 12.1 Å². The maximum absolute atomic E-state index is 12.5. The number of hydrogen-bond donors (Lipinski definition) is 1. The third kappa shape index (κ3) is 2.58. The summed E-state index contributed by atoms with van der Waals surface area (Å²) in [5.41, 5.74) is 0.839. The largest absolute Gasteiger partial charge is 0.359 e. The minimum absolute atomic E-state index is 0.0275. The highest BCUT2D eigenvalue weighted by molar-refractivity contribution is 5.74. The maximum atomic E-state index is 12.5. The second-order valence-corrected chi connectivity index (χ2v) is 6.17. The lowest BCUT2D eigenvalue weighted by Crippen LogP contribution is -2.39. The highest BCUT2D eigenvalue weighted by Crippen LogP contribution is 2.32. The Morgan fingerprint density at radius 1 is 1.39 bits per heavy atom. The predicted octanol–water partition coefficient (Wildman–Crippen LogP) is 1.57. The van der Waals surface area contributed by atoms with Crippen molar-refractivity contribution in [3.8, 4) is 0 Å². The Balaban J connectivity index is 1.42. The van der Waals surface area contributed by atoms with Crippen LogP contribution in [0, 0.1) is 6.92 Å². The van der Waals surface area contributed by atoms with Crippen LogP contribution in [0.2, 0.25) is 0 Å². The first-order valence-electron chi connectivity index (χ1n) is 8.11. The Kier molecular flexibility index (Phi) is 3.51. The van der Waals surface area contributed by atoms with Gasteiger partial charge < -0.3 is 19.3 Å². The van der Waals surface area contributed by atoms with Crippen LogP contribution in [-0.2, 0) is 19.5 Å². The number of hydrogen-bond acceptors (Lipinski definition) is 5. The number of aromatic nitrogens is 4. The standard InChI is InChI=1S/C15H20N6O2/c1-10-8-12(23-19-10)11-4-2-6-20(11)15(22)16-9-14-18-17-13-5-3-7-21(13)14/h8,11H,2-7,9H2,1H3,(H,16,22)/t11-/m1/s1. The monoisotopic (exact) mass is 316 g/mol. The van der Waals surface area contributed by atoms with E-state index in [9.17, 15) is 4.79 Å². The molecule has 2 aromatic heterocycles. The highest BCUT2D eigenvalue weighted by Gasteiger charge is 2.32. The molecule has 2 aliphatic heterocycles. The first kappa shape index (κ1) is 14.2. The Morgan fingerprint density at radius 3 is 3.13 bits per heavy atom. The van der Waals surface area contributed by atoms with Crippen LogP contribution in [0.5, 0.6) is 0 Å². The molecule has 0 unspecified atom stereocenters. The molecule has 4 heterocycles. The fourth-order valence-electron chi connectivity index (χ4n) is 3.44. The number of nitrogens with zero attached hydrogens (tertiary/aromatic N) is 5. The molecule has 2 aromatic rings. The van der Waals surface area contributed by atoms with Crippen LogP contribution in [0.1, 0.15) is 48.4 Å². The SMILES string of the molecule is Cc1cc([C@H]2CCCN2C(=O)NCc2nnc3n2CCC3)on1. The first-order valence-corrected chi connectivity index (χ1v) is 8.11. The van der Waals surface area contributed by atoms with Crippen molar-refractivity contribution in [3.63, 3.8) is 0 Å². The van der Waals surface area contributed by atoms with Crippen molar-refractivity contribution < 1.29 is 9.32 Å².